The molecule has 23 heavy (non-hydrogen) atoms. The van der Waals surface area contributed by atoms with Gasteiger partial charge in [0.05, 0.1) is 18.4 Å². The molecule has 0 aliphatic carbocycles. The fourth-order valence-corrected chi connectivity index (χ4v) is 4.30. The highest BCUT2D eigenvalue weighted by Gasteiger charge is 2.60. The van der Waals surface area contributed by atoms with Crippen molar-refractivity contribution >= 4 is 11.9 Å². The van der Waals surface area contributed by atoms with E-state index in [0.29, 0.717) is 25.0 Å². The molecular formula is C16H23N3O4. The van der Waals surface area contributed by atoms with Gasteiger partial charge in [0, 0.05) is 23.8 Å². The number of nitrogens with zero attached hydrogens (tertiary/aromatic N) is 1. The van der Waals surface area contributed by atoms with Gasteiger partial charge in [0.2, 0.25) is 5.91 Å². The Labute approximate surface area is 134 Å². The summed E-state index contributed by atoms with van der Waals surface area (Å²) in [6.45, 7) is 4.14. The molecule has 0 radical (unpaired) electrons. The number of hydrogen-bond acceptors (Lipinski definition) is 4. The molecule has 2 bridgehead atoms. The highest BCUT2D eigenvalue weighted by molar-refractivity contribution is 5.84. The molecule has 3 rings (SSSR count). The Morgan fingerprint density at radius 2 is 2.17 bits per heavy atom. The molecule has 2 aliphatic heterocycles. The van der Waals surface area contributed by atoms with Gasteiger partial charge < -0.3 is 14.7 Å². The van der Waals surface area contributed by atoms with Crippen molar-refractivity contribution in [3.8, 4) is 0 Å². The first-order valence-corrected chi connectivity index (χ1v) is 8.26. The number of aromatic amines is 2. The van der Waals surface area contributed by atoms with Crippen molar-refractivity contribution in [1.29, 1.82) is 0 Å². The minimum Gasteiger partial charge on any atom is -0.466 e. The van der Waals surface area contributed by atoms with Crippen LogP contribution >= 0.6 is 0 Å². The molecule has 0 spiro atoms. The van der Waals surface area contributed by atoms with Crippen LogP contribution in [0, 0.1) is 5.41 Å². The molecule has 3 heterocycles. The largest absolute Gasteiger partial charge is 0.466 e. The van der Waals surface area contributed by atoms with Crippen LogP contribution in [0.15, 0.2) is 11.0 Å². The van der Waals surface area contributed by atoms with Gasteiger partial charge in [-0.2, -0.15) is 0 Å². The number of carbonyl (C=O) groups excluding carboxylic acids is 2. The third-order valence-corrected chi connectivity index (χ3v) is 5.41. The average molecular weight is 321 g/mol. The van der Waals surface area contributed by atoms with Crippen LogP contribution < -0.4 is 5.56 Å². The van der Waals surface area contributed by atoms with Crippen molar-refractivity contribution in [2.75, 3.05) is 6.61 Å². The number of rotatable bonds is 5. The van der Waals surface area contributed by atoms with Crippen LogP contribution in [0.2, 0.25) is 0 Å². The lowest BCUT2D eigenvalue weighted by Crippen LogP contribution is -2.46. The molecule has 7 nitrogen and oxygen atoms in total. The van der Waals surface area contributed by atoms with Crippen LogP contribution in [0.4, 0.5) is 0 Å². The number of carbonyl (C=O) groups is 2. The zero-order valence-corrected chi connectivity index (χ0v) is 13.6. The smallest absolute Gasteiger partial charge is 0.314 e. The number of nitrogens with one attached hydrogen (secondary N) is 2. The summed E-state index contributed by atoms with van der Waals surface area (Å²) in [5.41, 5.74) is -0.421. The van der Waals surface area contributed by atoms with E-state index in [1.54, 1.807) is 6.92 Å². The van der Waals surface area contributed by atoms with Crippen molar-refractivity contribution in [2.24, 2.45) is 5.41 Å². The number of hydrogen-bond donors (Lipinski definition) is 2. The molecule has 126 valence electrons. The van der Waals surface area contributed by atoms with Crippen LogP contribution in [0.3, 0.4) is 0 Å². The van der Waals surface area contributed by atoms with Crippen molar-refractivity contribution in [3.05, 3.63) is 22.1 Å². The third kappa shape index (κ3) is 2.38. The van der Waals surface area contributed by atoms with Crippen molar-refractivity contribution in [3.63, 3.8) is 0 Å². The number of aromatic nitrogens is 2. The van der Waals surface area contributed by atoms with Crippen LogP contribution in [-0.2, 0) is 20.7 Å². The molecule has 3 atom stereocenters. The lowest BCUT2D eigenvalue weighted by Gasteiger charge is -2.34. The number of H-pyrrole nitrogens is 2. The summed E-state index contributed by atoms with van der Waals surface area (Å²) in [5.74, 6) is -0.269. The Hall–Kier alpha value is -2.05. The van der Waals surface area contributed by atoms with Crippen molar-refractivity contribution in [2.45, 2.75) is 58.0 Å². The van der Waals surface area contributed by atoms with Gasteiger partial charge in [0.15, 0.2) is 0 Å². The van der Waals surface area contributed by atoms with Gasteiger partial charge in [0.1, 0.15) is 0 Å². The molecular weight excluding hydrogens is 298 g/mol. The van der Waals surface area contributed by atoms with Gasteiger partial charge in [-0.3, -0.25) is 19.5 Å². The second-order valence-corrected chi connectivity index (χ2v) is 6.43. The van der Waals surface area contributed by atoms with Gasteiger partial charge in [-0.05, 0) is 32.6 Å². The van der Waals surface area contributed by atoms with E-state index in [1.807, 2.05) is 11.8 Å². The standard InChI is InChI=1S/C16H23N3O4/c1-3-16(15(22)23-4-2)8-11-5-6-12(16)19(11)13(20)7-10-9-17-18-14(10)21/h9,11-12H,3-8H2,1-2H3,(H2,17,18,21)/t11-,12+,16+/m1/s1. The lowest BCUT2D eigenvalue weighted by atomic mass is 9.72. The van der Waals surface area contributed by atoms with E-state index in [4.69, 9.17) is 4.74 Å². The topological polar surface area (TPSA) is 95.3 Å². The monoisotopic (exact) mass is 321 g/mol. The van der Waals surface area contributed by atoms with E-state index in [1.165, 1.54) is 6.20 Å². The van der Waals surface area contributed by atoms with Crippen molar-refractivity contribution in [1.82, 2.24) is 15.1 Å². The SMILES string of the molecule is CCOC(=O)[C@@]1(CC)C[C@H]2CC[C@@H]1N2C(=O)Cc1c[nH][nH]c1=O. The van der Waals surface area contributed by atoms with Crippen molar-refractivity contribution < 1.29 is 14.3 Å². The van der Waals surface area contributed by atoms with Gasteiger partial charge >= 0.3 is 5.97 Å². The summed E-state index contributed by atoms with van der Waals surface area (Å²) in [4.78, 5) is 38.7. The van der Waals surface area contributed by atoms with Crippen LogP contribution in [0.25, 0.3) is 0 Å². The minimum absolute atomic E-state index is 0.0639. The molecule has 2 N–H and O–H groups in total. The third-order valence-electron chi connectivity index (χ3n) is 5.41. The van der Waals surface area contributed by atoms with E-state index in [-0.39, 0.29) is 35.9 Å². The molecule has 1 aromatic heterocycles. The predicted octanol–water partition coefficient (Wildman–Crippen LogP) is 0.968. The number of fused-ring (bicyclic) bond motifs is 2. The maximum absolute atomic E-state index is 12.7. The summed E-state index contributed by atoms with van der Waals surface area (Å²) < 4.78 is 5.29. The highest BCUT2D eigenvalue weighted by atomic mass is 16.5. The summed E-state index contributed by atoms with van der Waals surface area (Å²) in [7, 11) is 0. The Morgan fingerprint density at radius 1 is 1.39 bits per heavy atom. The van der Waals surface area contributed by atoms with Crippen LogP contribution in [0.5, 0.6) is 0 Å². The Morgan fingerprint density at radius 3 is 2.78 bits per heavy atom. The second-order valence-electron chi connectivity index (χ2n) is 6.43. The van der Waals surface area contributed by atoms with Crippen LogP contribution in [0.1, 0.15) is 45.1 Å². The predicted molar refractivity (Wildman–Crippen MR) is 82.7 cm³/mol. The number of amides is 1. The van der Waals surface area contributed by atoms with Gasteiger partial charge in [-0.25, -0.2) is 0 Å². The number of ether oxygens (including phenoxy) is 1. The van der Waals surface area contributed by atoms with Gasteiger partial charge in [0.25, 0.3) is 5.56 Å². The summed E-state index contributed by atoms with van der Waals surface area (Å²) in [5, 5.41) is 5.05. The van der Waals surface area contributed by atoms with E-state index in [2.05, 4.69) is 10.2 Å². The quantitative estimate of drug-likeness (QED) is 0.790. The average Bonchev–Trinajstić information content (AvgIpc) is 3.21. The Kier molecular flexibility index (Phi) is 4.04. The highest BCUT2D eigenvalue weighted by Crippen LogP contribution is 2.52. The zero-order chi connectivity index (χ0) is 16.6. The zero-order valence-electron chi connectivity index (χ0n) is 13.6. The second kappa shape index (κ2) is 5.86. The normalized spacial score (nSPS) is 29.0. The molecule has 0 saturated carbocycles. The fraction of sp³-hybridized carbons (Fsp3) is 0.688. The summed E-state index contributed by atoms with van der Waals surface area (Å²) >= 11 is 0. The maximum Gasteiger partial charge on any atom is 0.314 e. The lowest BCUT2D eigenvalue weighted by molar-refractivity contribution is -0.158. The first-order valence-electron chi connectivity index (χ1n) is 8.26. The molecule has 2 fully saturated rings. The minimum atomic E-state index is -0.584. The first kappa shape index (κ1) is 15.8. The number of esters is 1. The molecule has 2 saturated heterocycles. The first-order chi connectivity index (χ1) is 11.0. The van der Waals surface area contributed by atoms with E-state index >= 15 is 0 Å². The van der Waals surface area contributed by atoms with Gasteiger partial charge in [-0.1, -0.05) is 6.92 Å². The van der Waals surface area contributed by atoms with E-state index in [0.717, 1.165) is 12.8 Å². The molecule has 7 heteroatoms. The van der Waals surface area contributed by atoms with Gasteiger partial charge in [-0.15, -0.1) is 0 Å². The van der Waals surface area contributed by atoms with Crippen LogP contribution in [-0.4, -0.2) is 45.7 Å². The molecule has 0 aromatic carbocycles. The molecule has 2 aliphatic rings. The molecule has 0 unspecified atom stereocenters. The van der Waals surface area contributed by atoms with E-state index in [9.17, 15) is 14.4 Å². The molecule has 1 aromatic rings. The van der Waals surface area contributed by atoms with E-state index < -0.39 is 5.41 Å². The summed E-state index contributed by atoms with van der Waals surface area (Å²) in [6.07, 6.45) is 4.67. The summed E-state index contributed by atoms with van der Waals surface area (Å²) in [6, 6.07) is -0.0306. The maximum atomic E-state index is 12.7. The Balaban J connectivity index is 1.82. The molecule has 1 amide bonds. The Bertz CT molecular complexity index is 664. The fourth-order valence-electron chi connectivity index (χ4n) is 4.30.